The lowest BCUT2D eigenvalue weighted by Gasteiger charge is -2.10. The van der Waals surface area contributed by atoms with Gasteiger partial charge in [-0.1, -0.05) is 31.2 Å². The lowest BCUT2D eigenvalue weighted by Crippen LogP contribution is -2.20. The number of aryl methyl sites for hydroxylation is 1. The Labute approximate surface area is 173 Å². The van der Waals surface area contributed by atoms with Gasteiger partial charge in [-0.15, -0.1) is 11.3 Å². The first kappa shape index (κ1) is 20.5. The van der Waals surface area contributed by atoms with Crippen molar-refractivity contribution in [2.75, 3.05) is 19.0 Å². The molecule has 1 N–H and O–H groups in total. The van der Waals surface area contributed by atoms with E-state index in [1.54, 1.807) is 18.3 Å². The fourth-order valence-corrected chi connectivity index (χ4v) is 3.58. The SMILES string of the molecule is CCc1ccc(Cc2cnc(NC(=O)COc3cc(C=O)ccc3OC)s2)cc1. The Bertz CT molecular complexity index is 983. The first-order chi connectivity index (χ1) is 14.1. The van der Waals surface area contributed by atoms with Crippen molar-refractivity contribution < 1.29 is 19.1 Å². The lowest BCUT2D eigenvalue weighted by molar-refractivity contribution is -0.118. The zero-order chi connectivity index (χ0) is 20.6. The molecular formula is C22H22N2O4S. The van der Waals surface area contributed by atoms with Crippen molar-refractivity contribution in [3.63, 3.8) is 0 Å². The first-order valence-electron chi connectivity index (χ1n) is 9.19. The van der Waals surface area contributed by atoms with Gasteiger partial charge in [0.2, 0.25) is 0 Å². The van der Waals surface area contributed by atoms with Crippen molar-refractivity contribution in [2.45, 2.75) is 19.8 Å². The average Bonchev–Trinajstić information content (AvgIpc) is 3.19. The largest absolute Gasteiger partial charge is 0.493 e. The summed E-state index contributed by atoms with van der Waals surface area (Å²) in [5, 5.41) is 3.26. The molecule has 2 aromatic carbocycles. The van der Waals surface area contributed by atoms with Crippen LogP contribution in [0.1, 0.15) is 33.3 Å². The monoisotopic (exact) mass is 410 g/mol. The number of anilines is 1. The van der Waals surface area contributed by atoms with E-state index >= 15 is 0 Å². The number of aldehydes is 1. The molecule has 1 amide bonds. The van der Waals surface area contributed by atoms with Gasteiger partial charge < -0.3 is 9.47 Å². The van der Waals surface area contributed by atoms with E-state index in [1.807, 2.05) is 0 Å². The number of carbonyl (C=O) groups excluding carboxylic acids is 2. The predicted molar refractivity (Wildman–Crippen MR) is 113 cm³/mol. The van der Waals surface area contributed by atoms with Gasteiger partial charge in [0.25, 0.3) is 5.91 Å². The zero-order valence-corrected chi connectivity index (χ0v) is 17.1. The third-order valence-corrected chi connectivity index (χ3v) is 5.20. The molecule has 1 aromatic heterocycles. The summed E-state index contributed by atoms with van der Waals surface area (Å²) < 4.78 is 10.7. The van der Waals surface area contributed by atoms with Crippen molar-refractivity contribution in [3.05, 3.63) is 70.2 Å². The van der Waals surface area contributed by atoms with Crippen molar-refractivity contribution in [3.8, 4) is 11.5 Å². The maximum Gasteiger partial charge on any atom is 0.264 e. The molecule has 0 aliphatic heterocycles. The van der Waals surface area contributed by atoms with Gasteiger partial charge in [0, 0.05) is 23.1 Å². The fourth-order valence-electron chi connectivity index (χ4n) is 2.72. The molecular weight excluding hydrogens is 388 g/mol. The number of methoxy groups -OCH3 is 1. The Morgan fingerprint density at radius 2 is 1.90 bits per heavy atom. The Morgan fingerprint density at radius 1 is 1.14 bits per heavy atom. The minimum Gasteiger partial charge on any atom is -0.493 e. The number of nitrogens with zero attached hydrogens (tertiary/aromatic N) is 1. The second-order valence-electron chi connectivity index (χ2n) is 6.34. The standard InChI is InChI=1S/C22H22N2O4S/c1-3-15-4-6-16(7-5-15)10-18-12-23-22(29-18)24-21(26)14-28-20-11-17(13-25)8-9-19(20)27-2/h4-9,11-13H,3,10,14H2,1-2H3,(H,23,24,26). The van der Waals surface area contributed by atoms with Gasteiger partial charge in [-0.25, -0.2) is 4.98 Å². The van der Waals surface area contributed by atoms with E-state index in [9.17, 15) is 9.59 Å². The minimum atomic E-state index is -0.336. The number of thiazole rings is 1. The summed E-state index contributed by atoms with van der Waals surface area (Å²) in [4.78, 5) is 28.4. The summed E-state index contributed by atoms with van der Waals surface area (Å²) in [6, 6.07) is 13.3. The summed E-state index contributed by atoms with van der Waals surface area (Å²) in [5.74, 6) is 0.452. The third-order valence-electron chi connectivity index (χ3n) is 4.29. The van der Waals surface area contributed by atoms with Crippen LogP contribution in [-0.2, 0) is 17.6 Å². The molecule has 29 heavy (non-hydrogen) atoms. The van der Waals surface area contributed by atoms with E-state index in [0.29, 0.717) is 28.5 Å². The quantitative estimate of drug-likeness (QED) is 0.537. The highest BCUT2D eigenvalue weighted by atomic mass is 32.1. The number of carbonyl (C=O) groups is 2. The normalized spacial score (nSPS) is 10.4. The van der Waals surface area contributed by atoms with Crippen LogP contribution in [0.15, 0.2) is 48.7 Å². The molecule has 150 valence electrons. The van der Waals surface area contributed by atoms with Gasteiger partial charge in [-0.05, 0) is 35.7 Å². The maximum atomic E-state index is 12.2. The van der Waals surface area contributed by atoms with Gasteiger partial charge in [-0.2, -0.15) is 0 Å². The topological polar surface area (TPSA) is 77.5 Å². The molecule has 0 unspecified atom stereocenters. The average molecular weight is 410 g/mol. The van der Waals surface area contributed by atoms with Crippen LogP contribution in [0.2, 0.25) is 0 Å². The molecule has 3 aromatic rings. The number of ether oxygens (including phenoxy) is 2. The Morgan fingerprint density at radius 3 is 2.59 bits per heavy atom. The highest BCUT2D eigenvalue weighted by Crippen LogP contribution is 2.27. The number of rotatable bonds is 9. The highest BCUT2D eigenvalue weighted by Gasteiger charge is 2.11. The molecule has 6 nitrogen and oxygen atoms in total. The summed E-state index contributed by atoms with van der Waals surface area (Å²) in [6.45, 7) is 1.91. The van der Waals surface area contributed by atoms with Crippen LogP contribution in [0.5, 0.6) is 11.5 Å². The second kappa shape index (κ2) is 9.84. The van der Waals surface area contributed by atoms with E-state index in [4.69, 9.17) is 9.47 Å². The molecule has 7 heteroatoms. The van der Waals surface area contributed by atoms with Gasteiger partial charge in [0.15, 0.2) is 23.2 Å². The van der Waals surface area contributed by atoms with Crippen LogP contribution in [-0.4, -0.2) is 30.9 Å². The molecule has 0 saturated carbocycles. The van der Waals surface area contributed by atoms with Crippen molar-refractivity contribution >= 4 is 28.7 Å². The number of amides is 1. The summed E-state index contributed by atoms with van der Waals surface area (Å²) in [5.41, 5.74) is 2.95. The summed E-state index contributed by atoms with van der Waals surface area (Å²) in [6.07, 6.45) is 4.26. The Balaban J connectivity index is 1.55. The number of benzene rings is 2. The third kappa shape index (κ3) is 5.65. The molecule has 0 bridgehead atoms. The first-order valence-corrected chi connectivity index (χ1v) is 10.0. The van der Waals surface area contributed by atoms with Crippen molar-refractivity contribution in [2.24, 2.45) is 0 Å². The molecule has 0 radical (unpaired) electrons. The van der Waals surface area contributed by atoms with Gasteiger partial charge in [0.1, 0.15) is 6.29 Å². The molecule has 1 heterocycles. The zero-order valence-electron chi connectivity index (χ0n) is 16.3. The van der Waals surface area contributed by atoms with E-state index in [2.05, 4.69) is 41.5 Å². The molecule has 0 aliphatic carbocycles. The second-order valence-corrected chi connectivity index (χ2v) is 7.46. The van der Waals surface area contributed by atoms with Crippen molar-refractivity contribution in [1.82, 2.24) is 4.98 Å². The molecule has 0 aliphatic rings. The number of hydrogen-bond donors (Lipinski definition) is 1. The Kier molecular flexibility index (Phi) is 6.97. The van der Waals surface area contributed by atoms with E-state index in [-0.39, 0.29) is 12.5 Å². The van der Waals surface area contributed by atoms with Gasteiger partial charge in [0.05, 0.1) is 7.11 Å². The van der Waals surface area contributed by atoms with Crippen LogP contribution in [0.4, 0.5) is 5.13 Å². The van der Waals surface area contributed by atoms with Gasteiger partial charge >= 0.3 is 0 Å². The fraction of sp³-hybridized carbons (Fsp3) is 0.227. The number of hydrogen-bond acceptors (Lipinski definition) is 6. The smallest absolute Gasteiger partial charge is 0.264 e. The van der Waals surface area contributed by atoms with E-state index in [1.165, 1.54) is 35.6 Å². The predicted octanol–water partition coefficient (Wildman–Crippen LogP) is 4.13. The number of aromatic nitrogens is 1. The minimum absolute atomic E-state index is 0.216. The van der Waals surface area contributed by atoms with Crippen LogP contribution in [0.25, 0.3) is 0 Å². The van der Waals surface area contributed by atoms with Crippen LogP contribution < -0.4 is 14.8 Å². The Hall–Kier alpha value is -3.19. The van der Waals surface area contributed by atoms with Crippen LogP contribution in [0.3, 0.4) is 0 Å². The van der Waals surface area contributed by atoms with Crippen LogP contribution in [0, 0.1) is 0 Å². The van der Waals surface area contributed by atoms with E-state index < -0.39 is 0 Å². The maximum absolute atomic E-state index is 12.2. The molecule has 0 saturated heterocycles. The van der Waals surface area contributed by atoms with E-state index in [0.717, 1.165) is 17.7 Å². The lowest BCUT2D eigenvalue weighted by atomic mass is 10.1. The molecule has 0 spiro atoms. The van der Waals surface area contributed by atoms with Gasteiger partial charge in [-0.3, -0.25) is 14.9 Å². The molecule has 0 atom stereocenters. The van der Waals surface area contributed by atoms with Crippen LogP contribution >= 0.6 is 11.3 Å². The number of nitrogens with one attached hydrogen (secondary N) is 1. The summed E-state index contributed by atoms with van der Waals surface area (Å²) >= 11 is 1.43. The molecule has 0 fully saturated rings. The molecule has 3 rings (SSSR count). The summed E-state index contributed by atoms with van der Waals surface area (Å²) in [7, 11) is 1.50. The highest BCUT2D eigenvalue weighted by molar-refractivity contribution is 7.15. The van der Waals surface area contributed by atoms with Crippen molar-refractivity contribution in [1.29, 1.82) is 0 Å².